The Bertz CT molecular complexity index is 1080. The number of nitrogens with zero attached hydrogens (tertiary/aromatic N) is 3. The van der Waals surface area contributed by atoms with Crippen LogP contribution in [0.2, 0.25) is 5.02 Å². The van der Waals surface area contributed by atoms with Crippen molar-refractivity contribution in [2.45, 2.75) is 13.3 Å². The molecule has 0 aliphatic carbocycles. The number of benzene rings is 1. The summed E-state index contributed by atoms with van der Waals surface area (Å²) < 4.78 is 1.74. The molecule has 0 aliphatic rings. The molecule has 0 saturated heterocycles. The van der Waals surface area contributed by atoms with Crippen LogP contribution in [0, 0.1) is 0 Å². The predicted molar refractivity (Wildman–Crippen MR) is 90.9 cm³/mol. The number of H-pyrrole nitrogens is 1. The Morgan fingerprint density at radius 1 is 1.22 bits per heavy atom. The molecule has 5 nitrogen and oxygen atoms in total. The molecule has 4 rings (SSSR count). The third kappa shape index (κ3) is 2.12. The van der Waals surface area contributed by atoms with Gasteiger partial charge in [0.25, 0.3) is 5.56 Å². The van der Waals surface area contributed by atoms with Crippen molar-refractivity contribution in [3.8, 4) is 11.1 Å². The topological polar surface area (TPSA) is 63.1 Å². The quantitative estimate of drug-likeness (QED) is 0.614. The molecule has 1 aromatic carbocycles. The van der Waals surface area contributed by atoms with Crippen molar-refractivity contribution >= 4 is 28.2 Å². The standard InChI is InChI=1S/C17H13ClN4O/c1-2-13-15(10-3-5-11(18)6-4-10)16-20-9-12-14(22(16)21-13)7-8-19-17(12)23/h3-9H,2H2,1H3,(H,19,23). The average Bonchev–Trinajstić information content (AvgIpc) is 2.95. The summed E-state index contributed by atoms with van der Waals surface area (Å²) in [5, 5.41) is 5.88. The summed E-state index contributed by atoms with van der Waals surface area (Å²) in [6, 6.07) is 9.46. The molecular weight excluding hydrogens is 312 g/mol. The average molecular weight is 325 g/mol. The number of hydrogen-bond donors (Lipinski definition) is 1. The molecule has 23 heavy (non-hydrogen) atoms. The van der Waals surface area contributed by atoms with E-state index in [4.69, 9.17) is 11.6 Å². The summed E-state index contributed by atoms with van der Waals surface area (Å²) in [5.74, 6) is 0. The van der Waals surface area contributed by atoms with Crippen molar-refractivity contribution < 1.29 is 0 Å². The largest absolute Gasteiger partial charge is 0.328 e. The number of rotatable bonds is 2. The van der Waals surface area contributed by atoms with E-state index < -0.39 is 0 Å². The van der Waals surface area contributed by atoms with Crippen LogP contribution in [0.4, 0.5) is 0 Å². The second kappa shape index (κ2) is 5.21. The normalized spacial score (nSPS) is 11.4. The van der Waals surface area contributed by atoms with Crippen LogP contribution in [0.25, 0.3) is 27.7 Å². The third-order valence-electron chi connectivity index (χ3n) is 3.92. The van der Waals surface area contributed by atoms with Gasteiger partial charge in [-0.15, -0.1) is 0 Å². The van der Waals surface area contributed by atoms with Gasteiger partial charge in [0.1, 0.15) is 0 Å². The lowest BCUT2D eigenvalue weighted by molar-refractivity contribution is 0.915. The smallest absolute Gasteiger partial charge is 0.258 e. The molecule has 0 atom stereocenters. The highest BCUT2D eigenvalue weighted by molar-refractivity contribution is 6.30. The van der Waals surface area contributed by atoms with Gasteiger partial charge in [-0.05, 0) is 30.2 Å². The molecule has 3 aromatic heterocycles. The van der Waals surface area contributed by atoms with Gasteiger partial charge < -0.3 is 4.98 Å². The van der Waals surface area contributed by atoms with Crippen LogP contribution < -0.4 is 5.56 Å². The number of aromatic amines is 1. The molecule has 3 heterocycles. The Morgan fingerprint density at radius 3 is 2.74 bits per heavy atom. The van der Waals surface area contributed by atoms with Crippen LogP contribution in [-0.4, -0.2) is 19.6 Å². The number of fused-ring (bicyclic) bond motifs is 3. The number of pyridine rings is 1. The van der Waals surface area contributed by atoms with Gasteiger partial charge in [0.15, 0.2) is 5.65 Å². The molecule has 0 radical (unpaired) electrons. The molecule has 0 saturated carbocycles. The minimum atomic E-state index is -0.168. The van der Waals surface area contributed by atoms with Gasteiger partial charge >= 0.3 is 0 Å². The van der Waals surface area contributed by atoms with Crippen molar-refractivity contribution in [3.05, 3.63) is 63.8 Å². The van der Waals surface area contributed by atoms with E-state index in [1.54, 1.807) is 16.9 Å². The lowest BCUT2D eigenvalue weighted by Crippen LogP contribution is -2.07. The summed E-state index contributed by atoms with van der Waals surface area (Å²) in [7, 11) is 0. The zero-order chi connectivity index (χ0) is 16.0. The van der Waals surface area contributed by atoms with Gasteiger partial charge in [-0.3, -0.25) is 4.79 Å². The Balaban J connectivity index is 2.12. The Labute approximate surface area is 136 Å². The van der Waals surface area contributed by atoms with Crippen LogP contribution in [0.1, 0.15) is 12.6 Å². The van der Waals surface area contributed by atoms with Gasteiger partial charge in [0.2, 0.25) is 0 Å². The van der Waals surface area contributed by atoms with Crippen LogP contribution in [-0.2, 0) is 6.42 Å². The van der Waals surface area contributed by atoms with E-state index >= 15 is 0 Å². The van der Waals surface area contributed by atoms with E-state index in [-0.39, 0.29) is 5.56 Å². The summed E-state index contributed by atoms with van der Waals surface area (Å²) in [5.41, 5.74) is 4.24. The molecule has 1 N–H and O–H groups in total. The van der Waals surface area contributed by atoms with Gasteiger partial charge in [-0.1, -0.05) is 30.7 Å². The number of nitrogens with one attached hydrogen (secondary N) is 1. The molecule has 0 spiro atoms. The first kappa shape index (κ1) is 14.0. The summed E-state index contributed by atoms with van der Waals surface area (Å²) in [6.45, 7) is 2.05. The zero-order valence-corrected chi connectivity index (χ0v) is 13.1. The molecular formula is C17H13ClN4O. The second-order valence-electron chi connectivity index (χ2n) is 5.28. The molecule has 0 amide bonds. The molecule has 0 aliphatic heterocycles. The van der Waals surface area contributed by atoms with Crippen molar-refractivity contribution in [3.63, 3.8) is 0 Å². The maximum absolute atomic E-state index is 11.9. The fraction of sp³-hybridized carbons (Fsp3) is 0.118. The maximum atomic E-state index is 11.9. The Hall–Kier alpha value is -2.66. The number of halogens is 1. The summed E-state index contributed by atoms with van der Waals surface area (Å²) >= 11 is 5.99. The molecule has 0 bridgehead atoms. The lowest BCUT2D eigenvalue weighted by atomic mass is 10.0. The van der Waals surface area contributed by atoms with E-state index in [0.29, 0.717) is 10.4 Å². The highest BCUT2D eigenvalue weighted by atomic mass is 35.5. The van der Waals surface area contributed by atoms with Gasteiger partial charge in [-0.25, -0.2) is 9.50 Å². The van der Waals surface area contributed by atoms with Crippen LogP contribution in [0.3, 0.4) is 0 Å². The first-order chi connectivity index (χ1) is 11.2. The molecule has 0 fully saturated rings. The van der Waals surface area contributed by atoms with E-state index in [1.807, 2.05) is 30.3 Å². The maximum Gasteiger partial charge on any atom is 0.258 e. The van der Waals surface area contributed by atoms with E-state index in [2.05, 4.69) is 22.0 Å². The van der Waals surface area contributed by atoms with E-state index in [0.717, 1.165) is 34.4 Å². The summed E-state index contributed by atoms with van der Waals surface area (Å²) in [6.07, 6.45) is 4.00. The van der Waals surface area contributed by atoms with Crippen LogP contribution in [0.5, 0.6) is 0 Å². The predicted octanol–water partition coefficient (Wildman–Crippen LogP) is 3.45. The van der Waals surface area contributed by atoms with Crippen molar-refractivity contribution in [1.82, 2.24) is 19.6 Å². The second-order valence-corrected chi connectivity index (χ2v) is 5.72. The molecule has 6 heteroatoms. The fourth-order valence-electron chi connectivity index (χ4n) is 2.82. The van der Waals surface area contributed by atoms with Crippen molar-refractivity contribution in [2.75, 3.05) is 0 Å². The first-order valence-electron chi connectivity index (χ1n) is 7.33. The van der Waals surface area contributed by atoms with Gasteiger partial charge in [-0.2, -0.15) is 5.10 Å². The zero-order valence-electron chi connectivity index (χ0n) is 12.4. The molecule has 4 aromatic rings. The number of hydrogen-bond acceptors (Lipinski definition) is 3. The number of aryl methyl sites for hydroxylation is 1. The van der Waals surface area contributed by atoms with Gasteiger partial charge in [0, 0.05) is 23.0 Å². The Kier molecular flexibility index (Phi) is 3.16. The minimum Gasteiger partial charge on any atom is -0.328 e. The van der Waals surface area contributed by atoms with Crippen molar-refractivity contribution in [2.24, 2.45) is 0 Å². The number of aromatic nitrogens is 4. The first-order valence-corrected chi connectivity index (χ1v) is 7.71. The monoisotopic (exact) mass is 324 g/mol. The van der Waals surface area contributed by atoms with E-state index in [9.17, 15) is 4.79 Å². The van der Waals surface area contributed by atoms with E-state index in [1.165, 1.54) is 0 Å². The van der Waals surface area contributed by atoms with Gasteiger partial charge in [0.05, 0.1) is 16.6 Å². The fourth-order valence-corrected chi connectivity index (χ4v) is 2.94. The molecule has 114 valence electrons. The SMILES string of the molecule is CCc1nn2c(ncc3c(=O)[nH]ccc32)c1-c1ccc(Cl)cc1. The van der Waals surface area contributed by atoms with Crippen LogP contribution in [0.15, 0.2) is 47.5 Å². The molecule has 0 unspecified atom stereocenters. The third-order valence-corrected chi connectivity index (χ3v) is 4.17. The summed E-state index contributed by atoms with van der Waals surface area (Å²) in [4.78, 5) is 19.1. The van der Waals surface area contributed by atoms with Crippen LogP contribution >= 0.6 is 11.6 Å². The van der Waals surface area contributed by atoms with Crippen molar-refractivity contribution in [1.29, 1.82) is 0 Å². The minimum absolute atomic E-state index is 0.168. The Morgan fingerprint density at radius 2 is 2.00 bits per heavy atom. The highest BCUT2D eigenvalue weighted by Crippen LogP contribution is 2.30. The highest BCUT2D eigenvalue weighted by Gasteiger charge is 2.16. The lowest BCUT2D eigenvalue weighted by Gasteiger charge is -2.03.